The van der Waals surface area contributed by atoms with E-state index in [4.69, 9.17) is 5.73 Å². The van der Waals surface area contributed by atoms with E-state index in [1.807, 2.05) is 19.9 Å². The topological polar surface area (TPSA) is 38.0 Å². The summed E-state index contributed by atoms with van der Waals surface area (Å²) in [6.45, 7) is 4.23. The molecule has 2 nitrogen and oxygen atoms in total. The van der Waals surface area contributed by atoms with Crippen molar-refractivity contribution in [2.24, 2.45) is 5.73 Å². The van der Waals surface area contributed by atoms with Crippen LogP contribution in [0, 0.1) is 5.82 Å². The Kier molecular flexibility index (Phi) is 3.25. The molecule has 0 aliphatic carbocycles. The second-order valence-corrected chi connectivity index (χ2v) is 3.27. The first kappa shape index (κ1) is 9.99. The third kappa shape index (κ3) is 2.42. The minimum atomic E-state index is -0.242. The van der Waals surface area contributed by atoms with Gasteiger partial charge in [-0.2, -0.15) is 0 Å². The number of hydrogen-bond donors (Lipinski definition) is 2. The molecule has 13 heavy (non-hydrogen) atoms. The molecule has 0 aliphatic rings. The highest BCUT2D eigenvalue weighted by molar-refractivity contribution is 5.52. The van der Waals surface area contributed by atoms with Crippen LogP contribution in [0.15, 0.2) is 18.2 Å². The molecule has 0 unspecified atom stereocenters. The molecule has 3 N–H and O–H groups in total. The van der Waals surface area contributed by atoms with Gasteiger partial charge in [-0.25, -0.2) is 4.39 Å². The van der Waals surface area contributed by atoms with Crippen LogP contribution in [-0.2, 0) is 6.54 Å². The van der Waals surface area contributed by atoms with Crippen LogP contribution < -0.4 is 11.1 Å². The van der Waals surface area contributed by atoms with Crippen molar-refractivity contribution >= 4 is 5.69 Å². The molecule has 0 saturated heterocycles. The minimum Gasteiger partial charge on any atom is -0.383 e. The zero-order valence-corrected chi connectivity index (χ0v) is 7.97. The largest absolute Gasteiger partial charge is 0.383 e. The standard InChI is InChI=1S/C10H15FN2/c1-7(2)13-10-5-3-4-9(11)8(10)6-12/h3-5,7,13H,6,12H2,1-2H3. The summed E-state index contributed by atoms with van der Waals surface area (Å²) in [5.41, 5.74) is 6.79. The zero-order chi connectivity index (χ0) is 9.84. The maximum Gasteiger partial charge on any atom is 0.129 e. The molecule has 0 bridgehead atoms. The van der Waals surface area contributed by atoms with Crippen molar-refractivity contribution in [1.82, 2.24) is 0 Å². The number of halogens is 1. The van der Waals surface area contributed by atoms with Crippen molar-refractivity contribution < 1.29 is 4.39 Å². The first-order valence-electron chi connectivity index (χ1n) is 4.39. The average molecular weight is 182 g/mol. The lowest BCUT2D eigenvalue weighted by atomic mass is 10.1. The van der Waals surface area contributed by atoms with Crippen LogP contribution in [0.2, 0.25) is 0 Å². The van der Waals surface area contributed by atoms with E-state index >= 15 is 0 Å². The smallest absolute Gasteiger partial charge is 0.129 e. The van der Waals surface area contributed by atoms with E-state index in [1.165, 1.54) is 6.07 Å². The predicted molar refractivity (Wildman–Crippen MR) is 53.1 cm³/mol. The van der Waals surface area contributed by atoms with Crippen LogP contribution in [0.25, 0.3) is 0 Å². The molecule has 0 aromatic heterocycles. The van der Waals surface area contributed by atoms with Crippen molar-refractivity contribution in [1.29, 1.82) is 0 Å². The van der Waals surface area contributed by atoms with Crippen molar-refractivity contribution in [3.8, 4) is 0 Å². The van der Waals surface area contributed by atoms with Gasteiger partial charge in [0.25, 0.3) is 0 Å². The van der Waals surface area contributed by atoms with Crippen LogP contribution in [0.4, 0.5) is 10.1 Å². The van der Waals surface area contributed by atoms with E-state index in [-0.39, 0.29) is 18.4 Å². The van der Waals surface area contributed by atoms with Crippen molar-refractivity contribution in [3.63, 3.8) is 0 Å². The van der Waals surface area contributed by atoms with Crippen molar-refractivity contribution in [2.75, 3.05) is 5.32 Å². The predicted octanol–water partition coefficient (Wildman–Crippen LogP) is 2.10. The molecule has 0 heterocycles. The number of rotatable bonds is 3. The van der Waals surface area contributed by atoms with Gasteiger partial charge in [-0.3, -0.25) is 0 Å². The summed E-state index contributed by atoms with van der Waals surface area (Å²) in [6, 6.07) is 5.23. The van der Waals surface area contributed by atoms with Crippen LogP contribution in [-0.4, -0.2) is 6.04 Å². The number of benzene rings is 1. The number of hydrogen-bond acceptors (Lipinski definition) is 2. The summed E-state index contributed by atoms with van der Waals surface area (Å²) in [7, 11) is 0. The van der Waals surface area contributed by atoms with E-state index in [2.05, 4.69) is 5.32 Å². The summed E-state index contributed by atoms with van der Waals surface area (Å²) < 4.78 is 13.2. The summed E-state index contributed by atoms with van der Waals surface area (Å²) >= 11 is 0. The normalized spacial score (nSPS) is 10.5. The fourth-order valence-corrected chi connectivity index (χ4v) is 1.21. The third-order valence-corrected chi connectivity index (χ3v) is 1.77. The SMILES string of the molecule is CC(C)Nc1cccc(F)c1CN. The Morgan fingerprint density at radius 3 is 2.69 bits per heavy atom. The molecule has 1 aromatic carbocycles. The molecule has 0 atom stereocenters. The van der Waals surface area contributed by atoms with Gasteiger partial charge in [-0.05, 0) is 26.0 Å². The molecule has 72 valence electrons. The van der Waals surface area contributed by atoms with Crippen molar-refractivity contribution in [2.45, 2.75) is 26.4 Å². The highest BCUT2D eigenvalue weighted by atomic mass is 19.1. The Labute approximate surface area is 77.9 Å². The zero-order valence-electron chi connectivity index (χ0n) is 7.97. The second kappa shape index (κ2) is 4.23. The maximum absolute atomic E-state index is 13.2. The summed E-state index contributed by atoms with van der Waals surface area (Å²) in [6.07, 6.45) is 0. The van der Waals surface area contributed by atoms with E-state index in [9.17, 15) is 4.39 Å². The van der Waals surface area contributed by atoms with Crippen LogP contribution in [0.5, 0.6) is 0 Å². The Morgan fingerprint density at radius 1 is 1.46 bits per heavy atom. The highest BCUT2D eigenvalue weighted by Crippen LogP contribution is 2.18. The fourth-order valence-electron chi connectivity index (χ4n) is 1.21. The van der Waals surface area contributed by atoms with Crippen LogP contribution in [0.1, 0.15) is 19.4 Å². The summed E-state index contributed by atoms with van der Waals surface area (Å²) in [4.78, 5) is 0. The van der Waals surface area contributed by atoms with Crippen LogP contribution in [0.3, 0.4) is 0 Å². The van der Waals surface area contributed by atoms with Gasteiger partial charge in [0, 0.05) is 23.8 Å². The number of nitrogens with one attached hydrogen (secondary N) is 1. The van der Waals surface area contributed by atoms with Gasteiger partial charge in [0.15, 0.2) is 0 Å². The van der Waals surface area contributed by atoms with E-state index in [0.717, 1.165) is 5.69 Å². The van der Waals surface area contributed by atoms with Gasteiger partial charge < -0.3 is 11.1 Å². The van der Waals surface area contributed by atoms with Gasteiger partial charge in [0.1, 0.15) is 5.82 Å². The van der Waals surface area contributed by atoms with E-state index < -0.39 is 0 Å². The minimum absolute atomic E-state index is 0.224. The average Bonchev–Trinajstić information content (AvgIpc) is 2.03. The fraction of sp³-hybridized carbons (Fsp3) is 0.400. The molecule has 0 saturated carbocycles. The summed E-state index contributed by atoms with van der Waals surface area (Å²) in [5.74, 6) is -0.242. The molecular weight excluding hydrogens is 167 g/mol. The van der Waals surface area contributed by atoms with Crippen molar-refractivity contribution in [3.05, 3.63) is 29.6 Å². The Bertz CT molecular complexity index is 284. The number of nitrogens with two attached hydrogens (primary N) is 1. The quantitative estimate of drug-likeness (QED) is 0.751. The number of anilines is 1. The van der Waals surface area contributed by atoms with E-state index in [1.54, 1.807) is 6.07 Å². The lowest BCUT2D eigenvalue weighted by Crippen LogP contribution is -2.13. The molecule has 1 rings (SSSR count). The van der Waals surface area contributed by atoms with Gasteiger partial charge in [-0.1, -0.05) is 6.07 Å². The molecule has 3 heteroatoms. The Hall–Kier alpha value is -1.09. The Balaban J connectivity index is 2.98. The summed E-state index contributed by atoms with van der Waals surface area (Å²) in [5, 5.41) is 3.15. The Morgan fingerprint density at radius 2 is 2.15 bits per heavy atom. The molecule has 0 fully saturated rings. The molecule has 0 aliphatic heterocycles. The molecule has 0 spiro atoms. The highest BCUT2D eigenvalue weighted by Gasteiger charge is 2.06. The molecular formula is C10H15FN2. The monoisotopic (exact) mass is 182 g/mol. The lowest BCUT2D eigenvalue weighted by molar-refractivity contribution is 0.611. The van der Waals surface area contributed by atoms with E-state index in [0.29, 0.717) is 5.56 Å². The van der Waals surface area contributed by atoms with Gasteiger partial charge in [-0.15, -0.1) is 0 Å². The molecule has 0 amide bonds. The maximum atomic E-state index is 13.2. The lowest BCUT2D eigenvalue weighted by Gasteiger charge is -2.14. The third-order valence-electron chi connectivity index (χ3n) is 1.77. The van der Waals surface area contributed by atoms with Gasteiger partial charge >= 0.3 is 0 Å². The first-order valence-corrected chi connectivity index (χ1v) is 4.39. The van der Waals surface area contributed by atoms with Crippen LogP contribution >= 0.6 is 0 Å². The molecule has 1 aromatic rings. The van der Waals surface area contributed by atoms with Gasteiger partial charge in [0.2, 0.25) is 0 Å². The second-order valence-electron chi connectivity index (χ2n) is 3.27. The first-order chi connectivity index (χ1) is 6.15. The van der Waals surface area contributed by atoms with Gasteiger partial charge in [0.05, 0.1) is 0 Å². The molecule has 0 radical (unpaired) electrons.